The molecule has 1 rings (SSSR count). The molecule has 0 aromatic heterocycles. The summed E-state index contributed by atoms with van der Waals surface area (Å²) in [7, 11) is 0. The summed E-state index contributed by atoms with van der Waals surface area (Å²) in [5.74, 6) is -0.275. The molecule has 0 fully saturated rings. The molecule has 0 aliphatic rings. The van der Waals surface area contributed by atoms with E-state index in [-0.39, 0.29) is 18.7 Å². The number of anilines is 1. The summed E-state index contributed by atoms with van der Waals surface area (Å²) in [5, 5.41) is 0.486. The fraction of sp³-hybridized carbons (Fsp3) is 0.250. The standard InChI is InChI=1S/C12H13ClF2N2O/c13-9-5-1-2-6-10(9)16-17-12(18)8-4-3-7-11(14)15/h1-2,5-7,16H,3-4,8H2,(H,17,18). The van der Waals surface area contributed by atoms with Gasteiger partial charge in [-0.05, 0) is 31.1 Å². The third kappa shape index (κ3) is 5.63. The Labute approximate surface area is 109 Å². The van der Waals surface area contributed by atoms with Crippen LogP contribution in [0.5, 0.6) is 0 Å². The average Bonchev–Trinajstić information content (AvgIpc) is 2.33. The molecular formula is C12H13ClF2N2O. The first-order chi connectivity index (χ1) is 8.59. The van der Waals surface area contributed by atoms with E-state index in [0.29, 0.717) is 17.1 Å². The van der Waals surface area contributed by atoms with Crippen LogP contribution in [0.25, 0.3) is 0 Å². The molecule has 0 heterocycles. The Kier molecular flexibility index (Phi) is 6.14. The highest BCUT2D eigenvalue weighted by Gasteiger charge is 2.02. The molecule has 0 saturated heterocycles. The van der Waals surface area contributed by atoms with Crippen molar-refractivity contribution in [2.45, 2.75) is 19.3 Å². The highest BCUT2D eigenvalue weighted by atomic mass is 35.5. The molecule has 2 N–H and O–H groups in total. The van der Waals surface area contributed by atoms with Crippen LogP contribution in [0.2, 0.25) is 5.02 Å². The minimum absolute atomic E-state index is 0.168. The number of rotatable bonds is 6. The predicted octanol–water partition coefficient (Wildman–Crippen LogP) is 3.73. The zero-order valence-electron chi connectivity index (χ0n) is 9.55. The molecule has 1 aromatic carbocycles. The summed E-state index contributed by atoms with van der Waals surface area (Å²) in [4.78, 5) is 11.3. The number of benzene rings is 1. The van der Waals surface area contributed by atoms with E-state index >= 15 is 0 Å². The summed E-state index contributed by atoms with van der Waals surface area (Å²) < 4.78 is 23.4. The third-order valence-corrected chi connectivity index (χ3v) is 2.45. The normalized spacial score (nSPS) is 9.72. The number of allylic oxidation sites excluding steroid dienone is 1. The van der Waals surface area contributed by atoms with Crippen LogP contribution in [0.1, 0.15) is 19.3 Å². The Morgan fingerprint density at radius 3 is 2.72 bits per heavy atom. The van der Waals surface area contributed by atoms with Gasteiger partial charge in [0, 0.05) is 6.42 Å². The van der Waals surface area contributed by atoms with Crippen molar-refractivity contribution in [2.24, 2.45) is 0 Å². The SMILES string of the molecule is O=C(CCCC=C(F)F)NNc1ccccc1Cl. The van der Waals surface area contributed by atoms with Gasteiger partial charge in [0.25, 0.3) is 6.08 Å². The van der Waals surface area contributed by atoms with Gasteiger partial charge in [0.1, 0.15) is 0 Å². The maximum absolute atomic E-state index is 11.7. The number of hydrazine groups is 1. The molecule has 0 atom stereocenters. The lowest BCUT2D eigenvalue weighted by Crippen LogP contribution is -2.29. The molecule has 0 saturated carbocycles. The number of halogens is 3. The van der Waals surface area contributed by atoms with Crippen LogP contribution in [0, 0.1) is 0 Å². The lowest BCUT2D eigenvalue weighted by molar-refractivity contribution is -0.120. The Balaban J connectivity index is 2.25. The molecule has 0 unspecified atom stereocenters. The maximum Gasteiger partial charge on any atom is 0.266 e. The van der Waals surface area contributed by atoms with Crippen LogP contribution >= 0.6 is 11.6 Å². The summed E-state index contributed by atoms with van der Waals surface area (Å²) in [6.07, 6.45) is -0.199. The van der Waals surface area contributed by atoms with Crippen molar-refractivity contribution in [2.75, 3.05) is 5.43 Å². The van der Waals surface area contributed by atoms with E-state index in [4.69, 9.17) is 11.6 Å². The second-order valence-electron chi connectivity index (χ2n) is 3.54. The van der Waals surface area contributed by atoms with Gasteiger partial charge < -0.3 is 0 Å². The van der Waals surface area contributed by atoms with E-state index < -0.39 is 6.08 Å². The van der Waals surface area contributed by atoms with Crippen molar-refractivity contribution >= 4 is 23.2 Å². The van der Waals surface area contributed by atoms with Gasteiger partial charge in [-0.25, -0.2) is 0 Å². The molecule has 0 aliphatic heterocycles. The summed E-state index contributed by atoms with van der Waals surface area (Å²) in [6, 6.07) is 6.94. The van der Waals surface area contributed by atoms with E-state index in [1.165, 1.54) is 0 Å². The van der Waals surface area contributed by atoms with E-state index in [1.807, 2.05) is 0 Å². The Morgan fingerprint density at radius 1 is 1.33 bits per heavy atom. The van der Waals surface area contributed by atoms with Crippen LogP contribution in [0.4, 0.5) is 14.5 Å². The number of unbranched alkanes of at least 4 members (excludes halogenated alkanes) is 1. The monoisotopic (exact) mass is 274 g/mol. The first-order valence-electron chi connectivity index (χ1n) is 5.40. The molecule has 3 nitrogen and oxygen atoms in total. The van der Waals surface area contributed by atoms with Crippen LogP contribution < -0.4 is 10.9 Å². The van der Waals surface area contributed by atoms with Crippen LogP contribution in [0.15, 0.2) is 36.4 Å². The average molecular weight is 275 g/mol. The van der Waals surface area contributed by atoms with E-state index in [1.54, 1.807) is 24.3 Å². The summed E-state index contributed by atoms with van der Waals surface area (Å²) in [6.45, 7) is 0. The Hall–Kier alpha value is -1.62. The molecule has 1 aromatic rings. The first-order valence-corrected chi connectivity index (χ1v) is 5.78. The van der Waals surface area contributed by atoms with Gasteiger partial charge in [-0.1, -0.05) is 23.7 Å². The first kappa shape index (κ1) is 14.4. The van der Waals surface area contributed by atoms with Crippen LogP contribution in [-0.2, 0) is 4.79 Å². The Bertz CT molecular complexity index is 434. The topological polar surface area (TPSA) is 41.1 Å². The molecule has 1 amide bonds. The number of para-hydroxylation sites is 1. The summed E-state index contributed by atoms with van der Waals surface area (Å²) >= 11 is 5.86. The number of nitrogens with one attached hydrogen (secondary N) is 2. The Morgan fingerprint density at radius 2 is 2.06 bits per heavy atom. The molecule has 0 aliphatic carbocycles. The minimum atomic E-state index is -1.72. The summed E-state index contributed by atoms with van der Waals surface area (Å²) in [5.41, 5.74) is 5.70. The second kappa shape index (κ2) is 7.66. The highest BCUT2D eigenvalue weighted by molar-refractivity contribution is 6.33. The van der Waals surface area contributed by atoms with Gasteiger partial charge >= 0.3 is 0 Å². The number of carbonyl (C=O) groups is 1. The van der Waals surface area contributed by atoms with Gasteiger partial charge in [-0.2, -0.15) is 8.78 Å². The molecule has 0 bridgehead atoms. The molecular weight excluding hydrogens is 262 g/mol. The molecule has 98 valence electrons. The van der Waals surface area contributed by atoms with Crippen molar-refractivity contribution in [3.05, 3.63) is 41.4 Å². The second-order valence-corrected chi connectivity index (χ2v) is 3.95. The maximum atomic E-state index is 11.7. The molecule has 18 heavy (non-hydrogen) atoms. The molecule has 0 radical (unpaired) electrons. The van der Waals surface area contributed by atoms with E-state index in [0.717, 1.165) is 6.08 Å². The number of hydrogen-bond donors (Lipinski definition) is 2. The smallest absolute Gasteiger partial charge is 0.266 e. The quantitative estimate of drug-likeness (QED) is 0.613. The van der Waals surface area contributed by atoms with Crippen molar-refractivity contribution in [3.8, 4) is 0 Å². The zero-order chi connectivity index (χ0) is 13.4. The van der Waals surface area contributed by atoms with E-state index in [2.05, 4.69) is 10.9 Å². The van der Waals surface area contributed by atoms with Crippen molar-refractivity contribution in [1.29, 1.82) is 0 Å². The largest absolute Gasteiger partial charge is 0.297 e. The van der Waals surface area contributed by atoms with Gasteiger partial charge in [0.05, 0.1) is 10.7 Å². The van der Waals surface area contributed by atoms with Gasteiger partial charge in [0.2, 0.25) is 5.91 Å². The van der Waals surface area contributed by atoms with Gasteiger partial charge in [-0.3, -0.25) is 15.6 Å². The minimum Gasteiger partial charge on any atom is -0.297 e. The van der Waals surface area contributed by atoms with Crippen LogP contribution in [-0.4, -0.2) is 5.91 Å². The van der Waals surface area contributed by atoms with Gasteiger partial charge in [-0.15, -0.1) is 0 Å². The number of carbonyl (C=O) groups excluding carboxylic acids is 1. The van der Waals surface area contributed by atoms with Crippen LogP contribution in [0.3, 0.4) is 0 Å². The van der Waals surface area contributed by atoms with Gasteiger partial charge in [0.15, 0.2) is 0 Å². The number of amides is 1. The third-order valence-electron chi connectivity index (χ3n) is 2.12. The fourth-order valence-corrected chi connectivity index (χ4v) is 1.42. The zero-order valence-corrected chi connectivity index (χ0v) is 10.3. The predicted molar refractivity (Wildman–Crippen MR) is 67.4 cm³/mol. The van der Waals surface area contributed by atoms with Crippen molar-refractivity contribution < 1.29 is 13.6 Å². The number of hydrogen-bond acceptors (Lipinski definition) is 2. The lowest BCUT2D eigenvalue weighted by atomic mass is 10.2. The molecule has 0 spiro atoms. The van der Waals surface area contributed by atoms with Crippen molar-refractivity contribution in [1.82, 2.24) is 5.43 Å². The van der Waals surface area contributed by atoms with Crippen molar-refractivity contribution in [3.63, 3.8) is 0 Å². The molecule has 6 heteroatoms. The fourth-order valence-electron chi connectivity index (χ4n) is 1.24. The lowest BCUT2D eigenvalue weighted by Gasteiger charge is -2.09. The van der Waals surface area contributed by atoms with E-state index in [9.17, 15) is 13.6 Å². The highest BCUT2D eigenvalue weighted by Crippen LogP contribution is 2.19.